The molecule has 4 rings (SSSR count). The Bertz CT molecular complexity index is 754. The summed E-state index contributed by atoms with van der Waals surface area (Å²) in [5.41, 5.74) is 1.92. The Balaban J connectivity index is 1.77. The molecule has 2 aliphatic heterocycles. The molecule has 0 spiro atoms. The summed E-state index contributed by atoms with van der Waals surface area (Å²) in [6, 6.07) is 12.8. The average molecular weight is 281 g/mol. The summed E-state index contributed by atoms with van der Waals surface area (Å²) < 4.78 is 10.6. The van der Waals surface area contributed by atoms with E-state index >= 15 is 0 Å². The lowest BCUT2D eigenvalue weighted by Crippen LogP contribution is -2.29. The van der Waals surface area contributed by atoms with Crippen LogP contribution in [-0.4, -0.2) is 18.5 Å². The fourth-order valence-electron chi connectivity index (χ4n) is 2.61. The van der Waals surface area contributed by atoms with Crippen LogP contribution in [0.1, 0.15) is 15.9 Å². The molecule has 2 heterocycles. The van der Waals surface area contributed by atoms with Crippen molar-refractivity contribution in [3.05, 3.63) is 53.6 Å². The lowest BCUT2D eigenvalue weighted by atomic mass is 10.1. The smallest absolute Gasteiger partial charge is 0.299 e. The molecule has 0 saturated heterocycles. The fraction of sp³-hybridized carbons (Fsp3) is 0.125. The van der Waals surface area contributed by atoms with E-state index in [2.05, 4.69) is 0 Å². The molecule has 0 saturated carbocycles. The summed E-state index contributed by atoms with van der Waals surface area (Å²) in [5.74, 6) is 0.0579. The van der Waals surface area contributed by atoms with E-state index in [1.54, 1.807) is 12.1 Å². The Morgan fingerprint density at radius 3 is 2.48 bits per heavy atom. The number of carbonyl (C=O) groups is 2. The molecule has 0 N–H and O–H groups in total. The minimum Gasteiger partial charge on any atom is -0.454 e. The van der Waals surface area contributed by atoms with Gasteiger partial charge < -0.3 is 14.4 Å². The number of amides is 1. The van der Waals surface area contributed by atoms with Crippen molar-refractivity contribution in [1.82, 2.24) is 0 Å². The summed E-state index contributed by atoms with van der Waals surface area (Å²) in [6.07, 6.45) is 0. The van der Waals surface area contributed by atoms with Crippen LogP contribution in [-0.2, 0) is 11.3 Å². The van der Waals surface area contributed by atoms with Crippen molar-refractivity contribution < 1.29 is 19.1 Å². The Morgan fingerprint density at radius 2 is 1.71 bits per heavy atom. The van der Waals surface area contributed by atoms with E-state index in [4.69, 9.17) is 9.47 Å². The number of nitrogens with zero attached hydrogens (tertiary/aromatic N) is 1. The van der Waals surface area contributed by atoms with Gasteiger partial charge in [0.2, 0.25) is 6.79 Å². The lowest BCUT2D eigenvalue weighted by molar-refractivity contribution is -0.114. The molecule has 21 heavy (non-hydrogen) atoms. The molecule has 2 aromatic carbocycles. The van der Waals surface area contributed by atoms with Crippen LogP contribution in [0.3, 0.4) is 0 Å². The Labute approximate surface area is 120 Å². The molecule has 0 radical (unpaired) electrons. The molecule has 104 valence electrons. The first-order valence-electron chi connectivity index (χ1n) is 6.58. The van der Waals surface area contributed by atoms with Crippen molar-refractivity contribution in [3.8, 4) is 11.5 Å². The van der Waals surface area contributed by atoms with Crippen molar-refractivity contribution in [3.63, 3.8) is 0 Å². The van der Waals surface area contributed by atoms with E-state index in [9.17, 15) is 9.59 Å². The third-order valence-electron chi connectivity index (χ3n) is 3.65. The lowest BCUT2D eigenvalue weighted by Gasteiger charge is -2.16. The van der Waals surface area contributed by atoms with Gasteiger partial charge in [-0.1, -0.05) is 30.3 Å². The average Bonchev–Trinajstić information content (AvgIpc) is 3.05. The van der Waals surface area contributed by atoms with E-state index in [1.807, 2.05) is 30.3 Å². The number of carbonyl (C=O) groups excluding carboxylic acids is 2. The fourth-order valence-corrected chi connectivity index (χ4v) is 2.61. The van der Waals surface area contributed by atoms with Crippen molar-refractivity contribution in [2.24, 2.45) is 0 Å². The predicted molar refractivity (Wildman–Crippen MR) is 74.5 cm³/mol. The van der Waals surface area contributed by atoms with Gasteiger partial charge in [-0.3, -0.25) is 9.59 Å². The van der Waals surface area contributed by atoms with Gasteiger partial charge in [0.15, 0.2) is 11.5 Å². The molecule has 1 amide bonds. The summed E-state index contributed by atoms with van der Waals surface area (Å²) >= 11 is 0. The number of ether oxygens (including phenoxy) is 2. The molecular weight excluding hydrogens is 270 g/mol. The van der Waals surface area contributed by atoms with Gasteiger partial charge in [0.25, 0.3) is 11.7 Å². The van der Waals surface area contributed by atoms with Crippen molar-refractivity contribution >= 4 is 17.4 Å². The van der Waals surface area contributed by atoms with Crippen molar-refractivity contribution in [1.29, 1.82) is 0 Å². The number of anilines is 1. The second-order valence-corrected chi connectivity index (χ2v) is 4.93. The highest BCUT2D eigenvalue weighted by atomic mass is 16.7. The van der Waals surface area contributed by atoms with Crippen LogP contribution in [0, 0.1) is 0 Å². The molecule has 0 atom stereocenters. The van der Waals surface area contributed by atoms with Gasteiger partial charge in [-0.05, 0) is 11.6 Å². The van der Waals surface area contributed by atoms with Crippen LogP contribution in [0.15, 0.2) is 42.5 Å². The first-order chi connectivity index (χ1) is 10.2. The minimum absolute atomic E-state index is 0.138. The van der Waals surface area contributed by atoms with Gasteiger partial charge >= 0.3 is 0 Å². The summed E-state index contributed by atoms with van der Waals surface area (Å²) in [7, 11) is 0. The first-order valence-corrected chi connectivity index (χ1v) is 6.58. The zero-order valence-corrected chi connectivity index (χ0v) is 11.0. The van der Waals surface area contributed by atoms with E-state index < -0.39 is 11.7 Å². The number of Topliss-reactive ketones (excluding diaryl/α,β-unsaturated/α-hetero) is 1. The zero-order valence-electron chi connectivity index (χ0n) is 11.0. The maximum Gasteiger partial charge on any atom is 0.299 e. The Morgan fingerprint density at radius 1 is 1.00 bits per heavy atom. The number of benzene rings is 2. The number of rotatable bonds is 2. The number of hydrogen-bond acceptors (Lipinski definition) is 4. The highest BCUT2D eigenvalue weighted by Gasteiger charge is 2.37. The molecule has 5 nitrogen and oxygen atoms in total. The molecular formula is C16H11NO4. The van der Waals surface area contributed by atoms with E-state index in [-0.39, 0.29) is 6.79 Å². The number of fused-ring (bicyclic) bond motifs is 2. The second-order valence-electron chi connectivity index (χ2n) is 4.93. The minimum atomic E-state index is -0.516. The van der Waals surface area contributed by atoms with E-state index in [0.29, 0.717) is 29.3 Å². The molecule has 0 aromatic heterocycles. The predicted octanol–water partition coefficient (Wildman–Crippen LogP) is 2.14. The largest absolute Gasteiger partial charge is 0.454 e. The van der Waals surface area contributed by atoms with Crippen LogP contribution < -0.4 is 14.4 Å². The SMILES string of the molecule is O=C1C(=O)N(Cc2ccccc2)c2cc3c(cc21)OCO3. The van der Waals surface area contributed by atoms with E-state index in [0.717, 1.165) is 5.56 Å². The van der Waals surface area contributed by atoms with Gasteiger partial charge in [0, 0.05) is 6.07 Å². The standard InChI is InChI=1S/C16H11NO4/c18-15-11-6-13-14(21-9-20-13)7-12(11)17(16(15)19)8-10-4-2-1-3-5-10/h1-7H,8-9H2. The summed E-state index contributed by atoms with van der Waals surface area (Å²) in [4.78, 5) is 25.8. The third-order valence-corrected chi connectivity index (χ3v) is 3.65. The maximum atomic E-state index is 12.2. The maximum absolute atomic E-state index is 12.2. The van der Waals surface area contributed by atoms with Crippen molar-refractivity contribution in [2.75, 3.05) is 11.7 Å². The highest BCUT2D eigenvalue weighted by Crippen LogP contribution is 2.41. The molecule has 0 aliphatic carbocycles. The van der Waals surface area contributed by atoms with E-state index in [1.165, 1.54) is 4.90 Å². The molecule has 0 unspecified atom stereocenters. The van der Waals surface area contributed by atoms with Crippen LogP contribution in [0.2, 0.25) is 0 Å². The third kappa shape index (κ3) is 1.78. The summed E-state index contributed by atoms with van der Waals surface area (Å²) in [6.45, 7) is 0.497. The number of ketones is 1. The molecule has 2 aromatic rings. The zero-order chi connectivity index (χ0) is 14.4. The Hall–Kier alpha value is -2.82. The van der Waals surface area contributed by atoms with Gasteiger partial charge in [-0.2, -0.15) is 0 Å². The Kier molecular flexibility index (Phi) is 2.47. The van der Waals surface area contributed by atoms with Crippen LogP contribution in [0.25, 0.3) is 0 Å². The van der Waals surface area contributed by atoms with Crippen LogP contribution in [0.4, 0.5) is 5.69 Å². The van der Waals surface area contributed by atoms with Crippen LogP contribution >= 0.6 is 0 Å². The highest BCUT2D eigenvalue weighted by molar-refractivity contribution is 6.52. The molecule has 0 bridgehead atoms. The van der Waals surface area contributed by atoms with Crippen molar-refractivity contribution in [2.45, 2.75) is 6.54 Å². The molecule has 2 aliphatic rings. The van der Waals surface area contributed by atoms with Crippen LogP contribution in [0.5, 0.6) is 11.5 Å². The van der Waals surface area contributed by atoms with Gasteiger partial charge in [0.05, 0.1) is 17.8 Å². The monoisotopic (exact) mass is 281 g/mol. The first kappa shape index (κ1) is 12.0. The normalized spacial score (nSPS) is 15.5. The number of hydrogen-bond donors (Lipinski definition) is 0. The summed E-state index contributed by atoms with van der Waals surface area (Å²) in [5, 5.41) is 0. The quantitative estimate of drug-likeness (QED) is 0.791. The van der Waals surface area contributed by atoms with Gasteiger partial charge in [-0.15, -0.1) is 0 Å². The molecule has 5 heteroatoms. The molecule has 0 fully saturated rings. The second kappa shape index (κ2) is 4.34. The van der Waals surface area contributed by atoms with Gasteiger partial charge in [0.1, 0.15) is 0 Å². The van der Waals surface area contributed by atoms with Gasteiger partial charge in [-0.25, -0.2) is 0 Å². The topological polar surface area (TPSA) is 55.8 Å².